The highest BCUT2D eigenvalue weighted by molar-refractivity contribution is 6.67. The number of amides is 5. The molecule has 0 saturated carbocycles. The van der Waals surface area contributed by atoms with E-state index in [1.54, 1.807) is 13.8 Å². The monoisotopic (exact) mass is 831 g/mol. The minimum Gasteiger partial charge on any atom is -0.491 e. The molecule has 0 aromatic heterocycles. The van der Waals surface area contributed by atoms with Gasteiger partial charge >= 0.3 is 5.97 Å². The molecule has 2 rings (SSSR count). The number of ether oxygens (including phenoxy) is 1. The van der Waals surface area contributed by atoms with Crippen molar-refractivity contribution in [1.29, 1.82) is 0 Å². The van der Waals surface area contributed by atoms with E-state index in [0.717, 1.165) is 0 Å². The van der Waals surface area contributed by atoms with Crippen LogP contribution < -0.4 is 38.1 Å². The molecule has 0 fully saturated rings. The molecule has 1 aliphatic carbocycles. The number of hydrogen-bond donors (Lipinski definition) is 10. The van der Waals surface area contributed by atoms with E-state index in [-0.39, 0.29) is 37.1 Å². The van der Waals surface area contributed by atoms with Crippen molar-refractivity contribution >= 4 is 87.7 Å². The van der Waals surface area contributed by atoms with Gasteiger partial charge in [0.25, 0.3) is 11.8 Å². The van der Waals surface area contributed by atoms with E-state index in [9.17, 15) is 48.9 Å². The van der Waals surface area contributed by atoms with E-state index in [0.29, 0.717) is 5.54 Å². The smallest absolute Gasteiger partial charge is 0.326 e. The van der Waals surface area contributed by atoms with Crippen molar-refractivity contribution in [3.63, 3.8) is 0 Å². The molecule has 53 heavy (non-hydrogen) atoms. The first-order valence-corrected chi connectivity index (χ1v) is 18.0. The molecule has 5 amide bonds. The molecule has 12 N–H and O–H groups in total. The van der Waals surface area contributed by atoms with Crippen molar-refractivity contribution in [3.8, 4) is 0 Å². The molecule has 0 saturated heterocycles. The third-order valence-electron chi connectivity index (χ3n) is 8.44. The lowest BCUT2D eigenvalue weighted by Gasteiger charge is -2.34. The Morgan fingerprint density at radius 2 is 1.70 bits per heavy atom. The molecule has 0 radical (unpaired) electrons. The number of alkyl halides is 3. The predicted octanol–water partition coefficient (Wildman–Crippen LogP) is -1.31. The van der Waals surface area contributed by atoms with Gasteiger partial charge < -0.3 is 58.1 Å². The first kappa shape index (κ1) is 45.9. The van der Waals surface area contributed by atoms with Gasteiger partial charge in [-0.05, 0) is 31.7 Å². The number of rotatable bonds is 14. The number of carboxylic acid groups (broad SMARTS) is 1. The number of aliphatic carboxylic acids is 1. The van der Waals surface area contributed by atoms with Gasteiger partial charge in [0.15, 0.2) is 9.58 Å². The minimum atomic E-state index is -1.87. The second-order valence-corrected chi connectivity index (χ2v) is 15.5. The maximum Gasteiger partial charge on any atom is 0.326 e. The number of Topliss-reactive ketones (excluding diaryl/α,β-unsaturated/α-hetero) is 1. The molecule has 22 heteroatoms. The number of hydrogen-bond acceptors (Lipinski definition) is 12. The molecule has 18 nitrogen and oxygen atoms in total. The molecule has 0 aromatic carbocycles. The number of aliphatic hydroxyl groups excluding tert-OH is 2. The van der Waals surface area contributed by atoms with Crippen LogP contribution in [0.15, 0.2) is 22.6 Å². The molecular formula is C31H45Cl4N7O11. The van der Waals surface area contributed by atoms with Gasteiger partial charge in [-0.3, -0.25) is 28.8 Å². The third-order valence-corrected chi connectivity index (χ3v) is 9.77. The highest BCUT2D eigenvalue weighted by atomic mass is 35.6. The lowest BCUT2D eigenvalue weighted by molar-refractivity contribution is -0.141. The molecule has 2 unspecified atom stereocenters. The number of nitrogens with one attached hydrogen (secondary N) is 5. The molecule has 298 valence electrons. The van der Waals surface area contributed by atoms with Crippen molar-refractivity contribution < 1.29 is 53.6 Å². The summed E-state index contributed by atoms with van der Waals surface area (Å²) < 4.78 is 4.25. The number of carbonyl (C=O) groups is 7. The maximum atomic E-state index is 14.1. The average Bonchev–Trinajstić information content (AvgIpc) is 3.34. The van der Waals surface area contributed by atoms with Crippen LogP contribution in [0, 0.1) is 11.8 Å². The highest BCUT2D eigenvalue weighted by Crippen LogP contribution is 2.37. The van der Waals surface area contributed by atoms with Gasteiger partial charge in [-0.2, -0.15) is 0 Å². The summed E-state index contributed by atoms with van der Waals surface area (Å²) in [6.07, 6.45) is -5.86. The fourth-order valence-electron chi connectivity index (χ4n) is 5.40. The van der Waals surface area contributed by atoms with Gasteiger partial charge in [0.05, 0.1) is 12.6 Å². The minimum absolute atomic E-state index is 0.0872. The van der Waals surface area contributed by atoms with Crippen LogP contribution in [0.2, 0.25) is 0 Å². The standard InChI is InChI=1S/C31H45Cl4N7O11/c1-12(2)25-23(29(50)40-17(10-32)27(48)39-16(30(51)52)8-14-20(53-25)9-19(44)24(14)46)42-28(49)22(18(43)5-4-6-36)41-26(47)15(38-21(45)11-37)7-13(3)31(33,34)35/h10,12-13,15-16,18-19,22-23,25,43-44H,4-9,11,36-37H2,1-3H3,(H,38,45)(H,39,48)(H,40,50)(H,41,47)(H,42,49)(H,51,52)/b17-10+/t13?,15-,16-,18+,19?,22-,23-,25-/m0/s1. The van der Waals surface area contributed by atoms with E-state index in [4.69, 9.17) is 62.6 Å². The largest absolute Gasteiger partial charge is 0.491 e. The van der Waals surface area contributed by atoms with Crippen LogP contribution in [0.3, 0.4) is 0 Å². The number of ketones is 1. The molecule has 1 aliphatic heterocycles. The maximum absolute atomic E-state index is 14.1. The Balaban J connectivity index is 2.64. The summed E-state index contributed by atoms with van der Waals surface area (Å²) in [6, 6.07) is -6.72. The summed E-state index contributed by atoms with van der Waals surface area (Å²) in [5.74, 6) is -9.31. The highest BCUT2D eigenvalue weighted by Gasteiger charge is 2.43. The summed E-state index contributed by atoms with van der Waals surface area (Å²) in [5, 5.41) is 42.9. The van der Waals surface area contributed by atoms with Gasteiger partial charge in [0.2, 0.25) is 17.7 Å². The molecule has 8 atom stereocenters. The first-order chi connectivity index (χ1) is 24.7. The van der Waals surface area contributed by atoms with E-state index < -0.39 is 124 Å². The lowest BCUT2D eigenvalue weighted by Crippen LogP contribution is -2.63. The van der Waals surface area contributed by atoms with Gasteiger partial charge in [-0.1, -0.05) is 67.2 Å². The summed E-state index contributed by atoms with van der Waals surface area (Å²) in [6.45, 7) is 4.21. The molecule has 0 aromatic rings. The molecule has 2 aliphatic rings. The molecule has 0 spiro atoms. The fourth-order valence-corrected chi connectivity index (χ4v) is 5.82. The van der Waals surface area contributed by atoms with E-state index >= 15 is 0 Å². The first-order valence-electron chi connectivity index (χ1n) is 16.5. The van der Waals surface area contributed by atoms with E-state index in [1.807, 2.05) is 0 Å². The quantitative estimate of drug-likeness (QED) is 0.0720. The number of carbonyl (C=O) groups excluding carboxylic acids is 6. The Bertz CT molecular complexity index is 1470. The van der Waals surface area contributed by atoms with Crippen LogP contribution in [0.25, 0.3) is 0 Å². The summed E-state index contributed by atoms with van der Waals surface area (Å²) in [4.78, 5) is 91.8. The Morgan fingerprint density at radius 3 is 2.23 bits per heavy atom. The molecular weight excluding hydrogens is 788 g/mol. The van der Waals surface area contributed by atoms with Crippen molar-refractivity contribution in [2.45, 2.75) is 99.1 Å². The Morgan fingerprint density at radius 1 is 1.06 bits per heavy atom. The number of carboxylic acids is 1. The number of aliphatic hydroxyl groups is 2. The SMILES string of the molecule is CC(C)[C@@H]1OC2=C(C[C@@H](C(=O)O)NC(=O)/C(=C\Cl)NC(=O)[C@H]1NC(=O)[C@@H](NC(=O)[C@H](CC(C)C(Cl)(Cl)Cl)NC(=O)CN)[C@H](O)CCCN)C(=O)C(O)C2. The van der Waals surface area contributed by atoms with Gasteiger partial charge in [0.1, 0.15) is 47.8 Å². The van der Waals surface area contributed by atoms with Crippen LogP contribution in [0.4, 0.5) is 0 Å². The van der Waals surface area contributed by atoms with Crippen LogP contribution >= 0.6 is 46.4 Å². The molecule has 0 bridgehead atoms. The Hall–Kier alpha value is -3.23. The zero-order valence-corrected chi connectivity index (χ0v) is 32.0. The van der Waals surface area contributed by atoms with Crippen LogP contribution in [0.1, 0.15) is 52.9 Å². The summed E-state index contributed by atoms with van der Waals surface area (Å²) >= 11 is 23.8. The van der Waals surface area contributed by atoms with Gasteiger partial charge in [0, 0.05) is 29.9 Å². The molecule has 1 heterocycles. The van der Waals surface area contributed by atoms with Gasteiger partial charge in [-0.25, -0.2) is 4.79 Å². The second kappa shape index (κ2) is 20.5. The van der Waals surface area contributed by atoms with E-state index in [1.165, 1.54) is 6.92 Å². The van der Waals surface area contributed by atoms with Crippen molar-refractivity contribution in [3.05, 3.63) is 22.6 Å². The average molecular weight is 834 g/mol. The second-order valence-electron chi connectivity index (χ2n) is 12.9. The Kier molecular flexibility index (Phi) is 17.7. The normalized spacial score (nSPS) is 24.4. The fraction of sp³-hybridized carbons (Fsp3) is 0.645. The van der Waals surface area contributed by atoms with Gasteiger partial charge in [-0.15, -0.1) is 0 Å². The zero-order chi connectivity index (χ0) is 40.4. The number of nitrogens with two attached hydrogens (primary N) is 2. The lowest BCUT2D eigenvalue weighted by atomic mass is 9.96. The Labute approximate surface area is 325 Å². The van der Waals surface area contributed by atoms with Crippen LogP contribution in [-0.2, 0) is 38.3 Å². The predicted molar refractivity (Wildman–Crippen MR) is 192 cm³/mol. The number of halogens is 4. The van der Waals surface area contributed by atoms with Crippen molar-refractivity contribution in [2.24, 2.45) is 23.3 Å². The van der Waals surface area contributed by atoms with Crippen molar-refractivity contribution in [2.75, 3.05) is 13.1 Å². The third kappa shape index (κ3) is 12.9. The summed E-state index contributed by atoms with van der Waals surface area (Å²) in [7, 11) is 0. The van der Waals surface area contributed by atoms with Crippen molar-refractivity contribution in [1.82, 2.24) is 26.6 Å². The summed E-state index contributed by atoms with van der Waals surface area (Å²) in [5.41, 5.74) is 10.7. The van der Waals surface area contributed by atoms with Crippen LogP contribution in [-0.4, -0.2) is 116 Å². The van der Waals surface area contributed by atoms with E-state index in [2.05, 4.69) is 26.6 Å². The van der Waals surface area contributed by atoms with Crippen LogP contribution in [0.5, 0.6) is 0 Å². The topological polar surface area (TPSA) is 302 Å². The zero-order valence-electron chi connectivity index (χ0n) is 29.0.